The summed E-state index contributed by atoms with van der Waals surface area (Å²) in [7, 11) is 0. The van der Waals surface area contributed by atoms with E-state index in [2.05, 4.69) is 4.99 Å². The molecule has 0 spiro atoms. The van der Waals surface area contributed by atoms with Gasteiger partial charge in [0.2, 0.25) is 5.17 Å². The number of halogens is 4. The van der Waals surface area contributed by atoms with Crippen LogP contribution in [-0.2, 0) is 6.42 Å². The minimum Gasteiger partial charge on any atom is -0.232 e. The summed E-state index contributed by atoms with van der Waals surface area (Å²) in [5, 5.41) is -1.35. The summed E-state index contributed by atoms with van der Waals surface area (Å²) < 4.78 is 36.2. The fourth-order valence-corrected chi connectivity index (χ4v) is 1.12. The van der Waals surface area contributed by atoms with Gasteiger partial charge in [0.25, 0.3) is 0 Å². The lowest BCUT2D eigenvalue weighted by atomic mass is 10.1. The van der Waals surface area contributed by atoms with Gasteiger partial charge in [-0.2, -0.15) is 13.2 Å². The Bertz CT molecular complexity index is 371. The molecule has 1 aromatic rings. The Labute approximate surface area is 90.6 Å². The highest BCUT2D eigenvalue weighted by atomic mass is 35.5. The number of hydrogen-bond donors (Lipinski definition) is 0. The van der Waals surface area contributed by atoms with Crippen LogP contribution in [0, 0.1) is 0 Å². The number of alkyl halides is 3. The number of aliphatic imine (C=N–C) groups is 1. The molecule has 0 aliphatic heterocycles. The number of rotatable bonds is 2. The van der Waals surface area contributed by atoms with Crippen molar-refractivity contribution >= 4 is 22.5 Å². The first-order valence-corrected chi connectivity index (χ1v) is 4.71. The molecule has 0 atom stereocenters. The predicted molar refractivity (Wildman–Crippen MR) is 54.8 cm³/mol. The Hall–Kier alpha value is -1.03. The lowest BCUT2D eigenvalue weighted by molar-refractivity contribution is -0.0558. The van der Waals surface area contributed by atoms with Crippen molar-refractivity contribution in [2.45, 2.75) is 19.5 Å². The monoisotopic (exact) mass is 235 g/mol. The van der Waals surface area contributed by atoms with Crippen LogP contribution in [-0.4, -0.2) is 11.3 Å². The quantitative estimate of drug-likeness (QED) is 0.685. The highest BCUT2D eigenvalue weighted by Crippen LogP contribution is 2.24. The third kappa shape index (κ3) is 3.55. The second-order valence-corrected chi connectivity index (χ2v) is 3.28. The van der Waals surface area contributed by atoms with Gasteiger partial charge in [-0.3, -0.25) is 0 Å². The van der Waals surface area contributed by atoms with Crippen LogP contribution in [0.25, 0.3) is 0 Å². The summed E-state index contributed by atoms with van der Waals surface area (Å²) in [6, 6.07) is 6.53. The first-order chi connectivity index (χ1) is 6.93. The van der Waals surface area contributed by atoms with E-state index in [4.69, 9.17) is 11.6 Å². The van der Waals surface area contributed by atoms with Crippen LogP contribution in [0.2, 0.25) is 0 Å². The smallest absolute Gasteiger partial charge is 0.232 e. The zero-order chi connectivity index (χ0) is 11.5. The second-order valence-electron chi connectivity index (χ2n) is 2.92. The highest BCUT2D eigenvalue weighted by Gasteiger charge is 2.34. The van der Waals surface area contributed by atoms with E-state index in [9.17, 15) is 13.2 Å². The topological polar surface area (TPSA) is 12.4 Å². The molecule has 82 valence electrons. The van der Waals surface area contributed by atoms with Crippen LogP contribution in [0.3, 0.4) is 0 Å². The summed E-state index contributed by atoms with van der Waals surface area (Å²) >= 11 is 5.01. The van der Waals surface area contributed by atoms with E-state index in [0.29, 0.717) is 0 Å². The van der Waals surface area contributed by atoms with Crippen molar-refractivity contribution < 1.29 is 13.2 Å². The van der Waals surface area contributed by atoms with Gasteiger partial charge in [-0.25, -0.2) is 4.99 Å². The zero-order valence-electron chi connectivity index (χ0n) is 7.98. The molecule has 0 saturated carbocycles. The van der Waals surface area contributed by atoms with Crippen molar-refractivity contribution in [3.63, 3.8) is 0 Å². The molecule has 0 aliphatic carbocycles. The molecular formula is C10H9ClF3N. The van der Waals surface area contributed by atoms with E-state index in [-0.39, 0.29) is 5.69 Å². The third-order valence-electron chi connectivity index (χ3n) is 1.78. The van der Waals surface area contributed by atoms with Gasteiger partial charge in [0.15, 0.2) is 0 Å². The summed E-state index contributed by atoms with van der Waals surface area (Å²) in [5.74, 6) is 0. The maximum absolute atomic E-state index is 12.1. The molecule has 0 amide bonds. The molecule has 0 fully saturated rings. The molecular weight excluding hydrogens is 227 g/mol. The summed E-state index contributed by atoms with van der Waals surface area (Å²) in [4.78, 5) is 3.30. The Morgan fingerprint density at radius 1 is 1.40 bits per heavy atom. The number of hydrogen-bond acceptors (Lipinski definition) is 1. The van der Waals surface area contributed by atoms with Crippen LogP contribution < -0.4 is 0 Å². The molecule has 0 aliphatic rings. The molecule has 1 aromatic carbocycles. The molecule has 15 heavy (non-hydrogen) atoms. The van der Waals surface area contributed by atoms with Gasteiger partial charge in [0, 0.05) is 0 Å². The highest BCUT2D eigenvalue weighted by molar-refractivity contribution is 6.67. The Morgan fingerprint density at radius 2 is 2.07 bits per heavy atom. The Morgan fingerprint density at radius 3 is 2.60 bits per heavy atom. The van der Waals surface area contributed by atoms with E-state index in [1.807, 2.05) is 13.0 Å². The zero-order valence-corrected chi connectivity index (χ0v) is 8.73. The van der Waals surface area contributed by atoms with E-state index in [0.717, 1.165) is 12.0 Å². The summed E-state index contributed by atoms with van der Waals surface area (Å²) in [6.07, 6.45) is -3.84. The van der Waals surface area contributed by atoms with E-state index in [1.54, 1.807) is 12.1 Å². The molecule has 0 radical (unpaired) electrons. The standard InChI is InChI=1S/C10H9ClF3N/c1-2-7-4-3-5-8(6-7)15-9(11)10(12,13)14/h3-6H,2H2,1H3. The SMILES string of the molecule is CCc1cccc(N=C(Cl)C(F)(F)F)c1. The van der Waals surface area contributed by atoms with Gasteiger partial charge in [0.05, 0.1) is 5.69 Å². The normalized spacial score (nSPS) is 13.0. The Balaban J connectivity index is 2.98. The maximum atomic E-state index is 12.1. The Kier molecular flexibility index (Phi) is 3.74. The second kappa shape index (κ2) is 4.66. The maximum Gasteiger partial charge on any atom is 0.444 e. The molecule has 0 aromatic heterocycles. The minimum atomic E-state index is -4.58. The fourth-order valence-electron chi connectivity index (χ4n) is 1.02. The van der Waals surface area contributed by atoms with Gasteiger partial charge in [-0.1, -0.05) is 30.7 Å². The van der Waals surface area contributed by atoms with Gasteiger partial charge < -0.3 is 0 Å². The van der Waals surface area contributed by atoms with E-state index < -0.39 is 11.3 Å². The predicted octanol–water partition coefficient (Wildman–Crippen LogP) is 4.08. The van der Waals surface area contributed by atoms with Gasteiger partial charge in [-0.15, -0.1) is 0 Å². The van der Waals surface area contributed by atoms with Crippen molar-refractivity contribution in [2.24, 2.45) is 4.99 Å². The van der Waals surface area contributed by atoms with Crippen LogP contribution in [0.1, 0.15) is 12.5 Å². The van der Waals surface area contributed by atoms with Crippen LogP contribution in [0.5, 0.6) is 0 Å². The number of benzene rings is 1. The molecule has 1 rings (SSSR count). The van der Waals surface area contributed by atoms with Crippen molar-refractivity contribution in [3.05, 3.63) is 29.8 Å². The average Bonchev–Trinajstić information content (AvgIpc) is 2.16. The van der Waals surface area contributed by atoms with Crippen LogP contribution >= 0.6 is 11.6 Å². The van der Waals surface area contributed by atoms with Crippen molar-refractivity contribution in [1.82, 2.24) is 0 Å². The molecule has 0 bridgehead atoms. The number of nitrogens with zero attached hydrogens (tertiary/aromatic N) is 1. The molecule has 0 N–H and O–H groups in total. The van der Waals surface area contributed by atoms with E-state index >= 15 is 0 Å². The lowest BCUT2D eigenvalue weighted by Gasteiger charge is -2.03. The van der Waals surface area contributed by atoms with Crippen molar-refractivity contribution in [3.8, 4) is 0 Å². The molecule has 1 nitrogen and oxygen atoms in total. The third-order valence-corrected chi connectivity index (χ3v) is 2.08. The van der Waals surface area contributed by atoms with Crippen molar-refractivity contribution in [2.75, 3.05) is 0 Å². The number of aryl methyl sites for hydroxylation is 1. The van der Waals surface area contributed by atoms with Crippen molar-refractivity contribution in [1.29, 1.82) is 0 Å². The first kappa shape index (κ1) is 12.0. The fraction of sp³-hybridized carbons (Fsp3) is 0.300. The van der Waals surface area contributed by atoms with Crippen LogP contribution in [0.4, 0.5) is 18.9 Å². The largest absolute Gasteiger partial charge is 0.444 e. The molecule has 0 unspecified atom stereocenters. The van der Waals surface area contributed by atoms with Gasteiger partial charge in [-0.05, 0) is 24.1 Å². The molecule has 0 heterocycles. The lowest BCUT2D eigenvalue weighted by Crippen LogP contribution is -2.16. The average molecular weight is 236 g/mol. The molecule has 0 saturated heterocycles. The minimum absolute atomic E-state index is 0.219. The first-order valence-electron chi connectivity index (χ1n) is 4.34. The summed E-state index contributed by atoms with van der Waals surface area (Å²) in [6.45, 7) is 1.91. The van der Waals surface area contributed by atoms with Gasteiger partial charge >= 0.3 is 6.18 Å². The van der Waals surface area contributed by atoms with Gasteiger partial charge in [0.1, 0.15) is 0 Å². The molecule has 5 heteroatoms. The summed E-state index contributed by atoms with van der Waals surface area (Å²) in [5.41, 5.74) is 1.14. The van der Waals surface area contributed by atoms with E-state index in [1.165, 1.54) is 6.07 Å². The van der Waals surface area contributed by atoms with Crippen LogP contribution in [0.15, 0.2) is 29.3 Å².